The zero-order chi connectivity index (χ0) is 22.4. The maximum absolute atomic E-state index is 11.7. The molecule has 4 nitrogen and oxygen atoms in total. The van der Waals surface area contributed by atoms with Crippen LogP contribution in [-0.2, 0) is 9.53 Å². The minimum Gasteiger partial charge on any atom is -0.469 e. The minimum absolute atomic E-state index is 0.0555. The quantitative estimate of drug-likeness (QED) is 0.297. The molecule has 3 N–H and O–H groups in total. The van der Waals surface area contributed by atoms with Crippen molar-refractivity contribution in [2.75, 3.05) is 7.11 Å². The van der Waals surface area contributed by atoms with Crippen LogP contribution in [-0.4, -0.2) is 23.5 Å². The van der Waals surface area contributed by atoms with E-state index in [0.29, 0.717) is 33.6 Å². The van der Waals surface area contributed by atoms with E-state index in [0.717, 1.165) is 36.0 Å². The molecule has 0 aromatic rings. The zero-order valence-electron chi connectivity index (χ0n) is 20.1. The summed E-state index contributed by atoms with van der Waals surface area (Å²) in [5.41, 5.74) is 6.66. The number of carbonyl (C=O) groups is 1. The van der Waals surface area contributed by atoms with Crippen LogP contribution < -0.4 is 5.73 Å². The Morgan fingerprint density at radius 2 is 1.81 bits per heavy atom. The molecule has 4 rings (SSSR count). The smallest absolute Gasteiger partial charge is 0.305 e. The van der Waals surface area contributed by atoms with Gasteiger partial charge in [-0.05, 0) is 111 Å². The summed E-state index contributed by atoms with van der Waals surface area (Å²) in [6.45, 7) is 7.62. The number of nitrogens with one attached hydrogen (secondary N) is 1. The van der Waals surface area contributed by atoms with Gasteiger partial charge in [0.05, 0.1) is 7.11 Å². The number of amidine groups is 1. The lowest BCUT2D eigenvalue weighted by molar-refractivity contribution is -0.141. The van der Waals surface area contributed by atoms with Gasteiger partial charge in [-0.1, -0.05) is 32.5 Å². The predicted octanol–water partition coefficient (Wildman–Crippen LogP) is 6.23. The molecule has 9 atom stereocenters. The minimum atomic E-state index is -0.0555. The Kier molecular flexibility index (Phi) is 6.74. The molecule has 4 fully saturated rings. The van der Waals surface area contributed by atoms with Crippen molar-refractivity contribution < 1.29 is 9.53 Å². The number of rotatable bonds is 5. The van der Waals surface area contributed by atoms with E-state index in [1.165, 1.54) is 64.9 Å². The van der Waals surface area contributed by atoms with Crippen molar-refractivity contribution in [3.8, 4) is 0 Å². The topological polar surface area (TPSA) is 76.2 Å². The standard InChI is InChI=1S/C26H44N2O2S/c1-16(5-10-23(29)30-4)20-8-9-21-19-7-6-17-15-18(31-24(27)28)11-13-25(17,2)22(19)12-14-26(20,21)3/h16-22H,5-15H2,1-4H3,(H3,27,28)/t16-,17-,18-,19-,20+,21-,22-,25-,26+/m0/s1. The van der Waals surface area contributed by atoms with Crippen molar-refractivity contribution in [2.45, 2.75) is 96.7 Å². The molecule has 0 spiro atoms. The summed E-state index contributed by atoms with van der Waals surface area (Å²) in [4.78, 5) is 11.7. The first-order valence-electron chi connectivity index (χ1n) is 12.8. The Labute approximate surface area is 193 Å². The summed E-state index contributed by atoms with van der Waals surface area (Å²) in [7, 11) is 1.50. The van der Waals surface area contributed by atoms with Crippen molar-refractivity contribution >= 4 is 22.9 Å². The van der Waals surface area contributed by atoms with Gasteiger partial charge >= 0.3 is 5.97 Å². The summed E-state index contributed by atoms with van der Waals surface area (Å²) in [6, 6.07) is 0. The van der Waals surface area contributed by atoms with E-state index in [4.69, 9.17) is 15.9 Å². The Balaban J connectivity index is 1.45. The number of nitrogens with two attached hydrogens (primary N) is 1. The Morgan fingerprint density at radius 1 is 1.10 bits per heavy atom. The average molecular weight is 449 g/mol. The molecule has 0 aromatic carbocycles. The number of methoxy groups -OCH3 is 1. The largest absolute Gasteiger partial charge is 0.469 e. The Morgan fingerprint density at radius 3 is 2.52 bits per heavy atom. The maximum atomic E-state index is 11.7. The fourth-order valence-corrected chi connectivity index (χ4v) is 10.1. The first kappa shape index (κ1) is 23.4. The summed E-state index contributed by atoms with van der Waals surface area (Å²) in [5.74, 6) is 4.79. The number of hydrogen-bond donors (Lipinski definition) is 2. The second kappa shape index (κ2) is 8.91. The van der Waals surface area contributed by atoms with Crippen LogP contribution in [0.1, 0.15) is 91.4 Å². The molecule has 0 unspecified atom stereocenters. The van der Waals surface area contributed by atoms with E-state index in [-0.39, 0.29) is 5.97 Å². The molecule has 0 aromatic heterocycles. The average Bonchev–Trinajstić information content (AvgIpc) is 3.09. The first-order chi connectivity index (χ1) is 14.7. The molecule has 0 heterocycles. The maximum Gasteiger partial charge on any atom is 0.305 e. The van der Waals surface area contributed by atoms with Gasteiger partial charge in [0, 0.05) is 11.7 Å². The molecular formula is C26H44N2O2S. The molecule has 31 heavy (non-hydrogen) atoms. The van der Waals surface area contributed by atoms with Crippen molar-refractivity contribution in [1.29, 1.82) is 5.41 Å². The monoisotopic (exact) mass is 448 g/mol. The fraction of sp³-hybridized carbons (Fsp3) is 0.923. The van der Waals surface area contributed by atoms with E-state index < -0.39 is 0 Å². The van der Waals surface area contributed by atoms with Gasteiger partial charge in [-0.15, -0.1) is 0 Å². The molecule has 0 bridgehead atoms. The lowest BCUT2D eigenvalue weighted by atomic mass is 9.44. The summed E-state index contributed by atoms with van der Waals surface area (Å²) < 4.78 is 4.90. The van der Waals surface area contributed by atoms with Gasteiger partial charge in [-0.2, -0.15) is 0 Å². The van der Waals surface area contributed by atoms with E-state index in [9.17, 15) is 4.79 Å². The number of hydrogen-bond acceptors (Lipinski definition) is 4. The summed E-state index contributed by atoms with van der Waals surface area (Å²) in [6.07, 6.45) is 13.7. The van der Waals surface area contributed by atoms with Gasteiger partial charge in [0.1, 0.15) is 0 Å². The molecule has 4 aliphatic carbocycles. The summed E-state index contributed by atoms with van der Waals surface area (Å²) >= 11 is 1.61. The van der Waals surface area contributed by atoms with Gasteiger partial charge in [-0.25, -0.2) is 0 Å². The van der Waals surface area contributed by atoms with Gasteiger partial charge in [0.25, 0.3) is 0 Å². The van der Waals surface area contributed by atoms with Gasteiger partial charge in [-0.3, -0.25) is 10.2 Å². The van der Waals surface area contributed by atoms with Crippen LogP contribution in [0.3, 0.4) is 0 Å². The van der Waals surface area contributed by atoms with E-state index in [2.05, 4.69) is 20.8 Å². The molecule has 0 radical (unpaired) electrons. The number of fused-ring (bicyclic) bond motifs is 5. The van der Waals surface area contributed by atoms with E-state index in [1.807, 2.05) is 0 Å². The van der Waals surface area contributed by atoms with Crippen LogP contribution >= 0.6 is 11.8 Å². The SMILES string of the molecule is COC(=O)CC[C@H](C)[C@H]1CC[C@H]2[C@@H]3CC[C@H]4C[C@@H](SC(=N)N)CC[C@]4(C)[C@H]3CC[C@]12C. The summed E-state index contributed by atoms with van der Waals surface area (Å²) in [5, 5.41) is 8.56. The first-order valence-corrected chi connectivity index (χ1v) is 13.6. The third-order valence-electron chi connectivity index (χ3n) is 10.7. The molecule has 176 valence electrons. The molecular weight excluding hydrogens is 404 g/mol. The fourth-order valence-electron chi connectivity index (χ4n) is 9.13. The van der Waals surface area contributed by atoms with Crippen molar-refractivity contribution in [2.24, 2.45) is 52.1 Å². The Bertz CT molecular complexity index is 699. The van der Waals surface area contributed by atoms with E-state index in [1.54, 1.807) is 11.8 Å². The highest BCUT2D eigenvalue weighted by Gasteiger charge is 2.60. The third-order valence-corrected chi connectivity index (χ3v) is 11.7. The van der Waals surface area contributed by atoms with Crippen molar-refractivity contribution in [3.05, 3.63) is 0 Å². The highest BCUT2D eigenvalue weighted by atomic mass is 32.2. The number of thioether (sulfide) groups is 1. The molecule has 5 heteroatoms. The number of carbonyl (C=O) groups excluding carboxylic acids is 1. The van der Waals surface area contributed by atoms with Gasteiger partial charge in [0.15, 0.2) is 5.17 Å². The Hall–Kier alpha value is -0.710. The lowest BCUT2D eigenvalue weighted by Crippen LogP contribution is -2.54. The van der Waals surface area contributed by atoms with E-state index >= 15 is 0 Å². The predicted molar refractivity (Wildman–Crippen MR) is 129 cm³/mol. The molecule has 4 saturated carbocycles. The van der Waals surface area contributed by atoms with Gasteiger partial charge in [0.2, 0.25) is 0 Å². The normalized spacial score (nSPS) is 45.2. The second-order valence-electron chi connectivity index (χ2n) is 11.9. The highest BCUT2D eigenvalue weighted by Crippen LogP contribution is 2.68. The van der Waals surface area contributed by atoms with Crippen molar-refractivity contribution in [3.63, 3.8) is 0 Å². The lowest BCUT2D eigenvalue weighted by Gasteiger charge is -2.61. The second-order valence-corrected chi connectivity index (χ2v) is 13.2. The van der Waals surface area contributed by atoms with Crippen LogP contribution in [0.5, 0.6) is 0 Å². The molecule has 0 amide bonds. The van der Waals surface area contributed by atoms with Gasteiger partial charge < -0.3 is 10.5 Å². The number of esters is 1. The third kappa shape index (κ3) is 4.17. The van der Waals surface area contributed by atoms with Crippen LogP contribution in [0.2, 0.25) is 0 Å². The van der Waals surface area contributed by atoms with Crippen LogP contribution in [0.15, 0.2) is 0 Å². The van der Waals surface area contributed by atoms with Crippen molar-refractivity contribution in [1.82, 2.24) is 0 Å². The molecule has 0 saturated heterocycles. The molecule has 4 aliphatic rings. The van der Waals surface area contributed by atoms with Crippen LogP contribution in [0.4, 0.5) is 0 Å². The molecule has 0 aliphatic heterocycles. The van der Waals surface area contributed by atoms with Crippen LogP contribution in [0, 0.1) is 51.7 Å². The zero-order valence-corrected chi connectivity index (χ0v) is 20.9. The van der Waals surface area contributed by atoms with Crippen LogP contribution in [0.25, 0.3) is 0 Å². The highest BCUT2D eigenvalue weighted by molar-refractivity contribution is 8.14. The number of ether oxygens (including phenoxy) is 1.